The maximum absolute atomic E-state index is 11.2. The van der Waals surface area contributed by atoms with Crippen LogP contribution in [-0.2, 0) is 16.1 Å². The van der Waals surface area contributed by atoms with E-state index in [9.17, 15) is 4.79 Å². The number of benzene rings is 2. The average Bonchev–Trinajstić information content (AvgIpc) is 3.08. The summed E-state index contributed by atoms with van der Waals surface area (Å²) in [6, 6.07) is 13.8. The number of nitrogens with one attached hydrogen (secondary N) is 3. The number of para-hydroxylation sites is 2. The fourth-order valence-corrected chi connectivity index (χ4v) is 2.98. The minimum absolute atomic E-state index is 0.230. The maximum atomic E-state index is 11.2. The van der Waals surface area contributed by atoms with Crippen LogP contribution in [0, 0.1) is 0 Å². The third-order valence-corrected chi connectivity index (χ3v) is 4.21. The Morgan fingerprint density at radius 3 is 2.68 bits per heavy atom. The number of carbonyl (C=O) groups excluding carboxylic acids is 1. The van der Waals surface area contributed by atoms with Gasteiger partial charge in [0.25, 0.3) is 0 Å². The number of methoxy groups -OCH3 is 1. The highest BCUT2D eigenvalue weighted by Crippen LogP contribution is 2.26. The van der Waals surface area contributed by atoms with E-state index < -0.39 is 0 Å². The first kappa shape index (κ1) is 17.2. The van der Waals surface area contributed by atoms with Crippen molar-refractivity contribution in [2.24, 2.45) is 0 Å². The number of H-pyrrole nitrogens is 1. The van der Waals surface area contributed by atoms with Crippen molar-refractivity contribution in [3.63, 3.8) is 0 Å². The molecule has 0 saturated heterocycles. The molecule has 0 unspecified atom stereocenters. The van der Waals surface area contributed by atoms with Gasteiger partial charge in [-0.25, -0.2) is 0 Å². The molecule has 5 nitrogen and oxygen atoms in total. The van der Waals surface area contributed by atoms with Gasteiger partial charge in [0.1, 0.15) is 0 Å². The predicted molar refractivity (Wildman–Crippen MR) is 102 cm³/mol. The van der Waals surface area contributed by atoms with Crippen LogP contribution in [0.1, 0.15) is 12.0 Å². The van der Waals surface area contributed by atoms with E-state index in [-0.39, 0.29) is 5.97 Å². The highest BCUT2D eigenvalue weighted by atomic mass is 35.5. The number of hydrogen-bond donors (Lipinski definition) is 3. The van der Waals surface area contributed by atoms with E-state index in [0.29, 0.717) is 24.5 Å². The molecule has 25 heavy (non-hydrogen) atoms. The Bertz CT molecular complexity index is 876. The van der Waals surface area contributed by atoms with E-state index in [1.54, 1.807) is 0 Å². The molecule has 3 aromatic rings. The number of fused-ring (bicyclic) bond motifs is 1. The molecule has 3 N–H and O–H groups in total. The summed E-state index contributed by atoms with van der Waals surface area (Å²) in [6.45, 7) is 1.16. The molecule has 0 saturated carbocycles. The van der Waals surface area contributed by atoms with Crippen LogP contribution in [0.5, 0.6) is 0 Å². The van der Waals surface area contributed by atoms with Crippen molar-refractivity contribution >= 4 is 39.8 Å². The quantitative estimate of drug-likeness (QED) is 0.548. The number of aromatic amines is 1. The molecule has 3 rings (SSSR count). The van der Waals surface area contributed by atoms with Crippen LogP contribution in [-0.4, -0.2) is 24.6 Å². The first-order valence-corrected chi connectivity index (χ1v) is 8.44. The van der Waals surface area contributed by atoms with Gasteiger partial charge in [-0.15, -0.1) is 0 Å². The zero-order valence-electron chi connectivity index (χ0n) is 13.9. The number of anilines is 2. The lowest BCUT2D eigenvalue weighted by molar-refractivity contribution is -0.140. The number of rotatable bonds is 7. The molecule has 0 fully saturated rings. The molecule has 0 aliphatic rings. The Labute approximate surface area is 151 Å². The maximum Gasteiger partial charge on any atom is 0.307 e. The fourth-order valence-electron chi connectivity index (χ4n) is 2.73. The van der Waals surface area contributed by atoms with Crippen molar-refractivity contribution in [3.05, 3.63) is 59.2 Å². The molecule has 0 amide bonds. The van der Waals surface area contributed by atoms with Crippen LogP contribution < -0.4 is 10.6 Å². The zero-order chi connectivity index (χ0) is 17.6. The highest BCUT2D eigenvalue weighted by Gasteiger charge is 2.07. The number of carbonyl (C=O) groups is 1. The predicted octanol–water partition coefficient (Wildman–Crippen LogP) is 4.41. The second kappa shape index (κ2) is 7.94. The third-order valence-electron chi connectivity index (χ3n) is 3.99. The Morgan fingerprint density at radius 2 is 1.92 bits per heavy atom. The molecular weight excluding hydrogens is 338 g/mol. The molecule has 0 radical (unpaired) electrons. The standard InChI is InChI=1S/C19H20ClN3O2/c1-25-19(24)7-9-21-16-4-2-3-5-17(16)23-12-13-10-14(20)11-18-15(13)6-8-22-18/h2-6,8,10-11,21-23H,7,9,12H2,1H3. The van der Waals surface area contributed by atoms with Crippen molar-refractivity contribution in [3.8, 4) is 0 Å². The van der Waals surface area contributed by atoms with E-state index in [1.807, 2.05) is 48.7 Å². The second-order valence-electron chi connectivity index (χ2n) is 5.66. The molecule has 2 aromatic carbocycles. The summed E-state index contributed by atoms with van der Waals surface area (Å²) in [6.07, 6.45) is 2.23. The van der Waals surface area contributed by atoms with Crippen LogP contribution in [0.2, 0.25) is 5.02 Å². The first-order valence-electron chi connectivity index (χ1n) is 8.06. The third kappa shape index (κ3) is 4.25. The number of ether oxygens (including phenoxy) is 1. The second-order valence-corrected chi connectivity index (χ2v) is 6.09. The zero-order valence-corrected chi connectivity index (χ0v) is 14.7. The Kier molecular flexibility index (Phi) is 5.46. The molecule has 1 heterocycles. The molecule has 130 valence electrons. The molecule has 0 atom stereocenters. The van der Waals surface area contributed by atoms with Crippen molar-refractivity contribution in [1.29, 1.82) is 0 Å². The minimum Gasteiger partial charge on any atom is -0.469 e. The molecule has 6 heteroatoms. The summed E-state index contributed by atoms with van der Waals surface area (Å²) in [5, 5.41) is 8.55. The molecular formula is C19H20ClN3O2. The monoisotopic (exact) mass is 357 g/mol. The van der Waals surface area contributed by atoms with Gasteiger partial charge in [0, 0.05) is 35.2 Å². The van der Waals surface area contributed by atoms with E-state index >= 15 is 0 Å². The lowest BCUT2D eigenvalue weighted by Gasteiger charge is -2.14. The van der Waals surface area contributed by atoms with E-state index in [0.717, 1.165) is 27.8 Å². The van der Waals surface area contributed by atoms with Gasteiger partial charge in [-0.05, 0) is 35.9 Å². The number of esters is 1. The van der Waals surface area contributed by atoms with Crippen molar-refractivity contribution in [1.82, 2.24) is 4.98 Å². The van der Waals surface area contributed by atoms with Crippen molar-refractivity contribution in [2.75, 3.05) is 24.3 Å². The van der Waals surface area contributed by atoms with E-state index in [4.69, 9.17) is 11.6 Å². The van der Waals surface area contributed by atoms with Gasteiger partial charge >= 0.3 is 5.97 Å². The van der Waals surface area contributed by atoms with Crippen LogP contribution in [0.25, 0.3) is 10.9 Å². The SMILES string of the molecule is COC(=O)CCNc1ccccc1NCc1cc(Cl)cc2[nH]ccc12. The van der Waals surface area contributed by atoms with Crippen LogP contribution in [0.3, 0.4) is 0 Å². The number of hydrogen-bond acceptors (Lipinski definition) is 4. The lowest BCUT2D eigenvalue weighted by atomic mass is 10.1. The molecule has 0 aliphatic carbocycles. The van der Waals surface area contributed by atoms with Gasteiger partial charge in [0.2, 0.25) is 0 Å². The largest absolute Gasteiger partial charge is 0.469 e. The average molecular weight is 358 g/mol. The van der Waals surface area contributed by atoms with E-state index in [2.05, 4.69) is 20.4 Å². The van der Waals surface area contributed by atoms with Crippen LogP contribution >= 0.6 is 11.6 Å². The summed E-state index contributed by atoms with van der Waals surface area (Å²) < 4.78 is 4.66. The minimum atomic E-state index is -0.230. The fraction of sp³-hybridized carbons (Fsp3) is 0.211. The Balaban J connectivity index is 1.70. The molecule has 0 bridgehead atoms. The molecule has 0 aliphatic heterocycles. The lowest BCUT2D eigenvalue weighted by Crippen LogP contribution is -2.11. The van der Waals surface area contributed by atoms with E-state index in [1.165, 1.54) is 7.11 Å². The van der Waals surface area contributed by atoms with Gasteiger partial charge in [0.15, 0.2) is 0 Å². The van der Waals surface area contributed by atoms with Crippen molar-refractivity contribution < 1.29 is 9.53 Å². The van der Waals surface area contributed by atoms with Gasteiger partial charge < -0.3 is 20.4 Å². The van der Waals surface area contributed by atoms with Gasteiger partial charge in [-0.3, -0.25) is 4.79 Å². The summed E-state index contributed by atoms with van der Waals surface area (Å²) in [4.78, 5) is 14.4. The Hall–Kier alpha value is -2.66. The van der Waals surface area contributed by atoms with Crippen molar-refractivity contribution in [2.45, 2.75) is 13.0 Å². The van der Waals surface area contributed by atoms with Gasteiger partial charge in [-0.1, -0.05) is 23.7 Å². The topological polar surface area (TPSA) is 66.2 Å². The summed E-state index contributed by atoms with van der Waals surface area (Å²) >= 11 is 6.20. The summed E-state index contributed by atoms with van der Waals surface area (Å²) in [5.41, 5.74) is 4.05. The Morgan fingerprint density at radius 1 is 1.16 bits per heavy atom. The summed E-state index contributed by atoms with van der Waals surface area (Å²) in [5.74, 6) is -0.230. The first-order chi connectivity index (χ1) is 12.2. The highest BCUT2D eigenvalue weighted by molar-refractivity contribution is 6.31. The van der Waals surface area contributed by atoms with Gasteiger partial charge in [-0.2, -0.15) is 0 Å². The normalized spacial score (nSPS) is 10.6. The molecule has 0 spiro atoms. The number of aromatic nitrogens is 1. The van der Waals surface area contributed by atoms with Crippen LogP contribution in [0.15, 0.2) is 48.7 Å². The smallest absolute Gasteiger partial charge is 0.307 e. The summed E-state index contributed by atoms with van der Waals surface area (Å²) in [7, 11) is 1.39. The van der Waals surface area contributed by atoms with Gasteiger partial charge in [0.05, 0.1) is 24.9 Å². The van der Waals surface area contributed by atoms with Crippen LogP contribution in [0.4, 0.5) is 11.4 Å². The molecule has 1 aromatic heterocycles. The number of halogens is 1.